The van der Waals surface area contributed by atoms with Crippen molar-refractivity contribution in [3.63, 3.8) is 0 Å². The van der Waals surface area contributed by atoms with Crippen LogP contribution in [-0.4, -0.2) is 18.9 Å². The van der Waals surface area contributed by atoms with Gasteiger partial charge < -0.3 is 11.1 Å². The van der Waals surface area contributed by atoms with Gasteiger partial charge in [0.1, 0.15) is 6.29 Å². The van der Waals surface area contributed by atoms with E-state index in [-0.39, 0.29) is 6.04 Å². The molecule has 1 aromatic carbocycles. The number of carbonyl (C=O) groups is 1. The van der Waals surface area contributed by atoms with Crippen molar-refractivity contribution >= 4 is 6.29 Å². The van der Waals surface area contributed by atoms with Crippen LogP contribution in [0, 0.1) is 5.92 Å². The van der Waals surface area contributed by atoms with Crippen LogP contribution in [0.15, 0.2) is 24.3 Å². The van der Waals surface area contributed by atoms with E-state index in [4.69, 9.17) is 5.73 Å². The van der Waals surface area contributed by atoms with Crippen LogP contribution in [0.4, 0.5) is 0 Å². The van der Waals surface area contributed by atoms with Crippen LogP contribution in [0.25, 0.3) is 0 Å². The highest BCUT2D eigenvalue weighted by molar-refractivity contribution is 5.75. The van der Waals surface area contributed by atoms with Gasteiger partial charge in [-0.3, -0.25) is 4.79 Å². The highest BCUT2D eigenvalue weighted by Crippen LogP contribution is 2.26. The lowest BCUT2D eigenvalue weighted by Gasteiger charge is -2.33. The lowest BCUT2D eigenvalue weighted by Crippen LogP contribution is -2.46. The Morgan fingerprint density at radius 1 is 1.50 bits per heavy atom. The summed E-state index contributed by atoms with van der Waals surface area (Å²) in [5, 5.41) is 3.43. The summed E-state index contributed by atoms with van der Waals surface area (Å²) in [4.78, 5) is 10.7. The molecule has 0 aliphatic carbocycles. The van der Waals surface area contributed by atoms with Gasteiger partial charge in [0.2, 0.25) is 0 Å². The van der Waals surface area contributed by atoms with Crippen LogP contribution in [0.1, 0.15) is 35.3 Å². The minimum atomic E-state index is 0.241. The van der Waals surface area contributed by atoms with E-state index in [0.29, 0.717) is 12.0 Å². The lowest BCUT2D eigenvalue weighted by molar-refractivity contribution is 0.112. The number of hydrogen-bond acceptors (Lipinski definition) is 3. The molecule has 86 valence electrons. The van der Waals surface area contributed by atoms with Gasteiger partial charge in [-0.05, 0) is 24.0 Å². The smallest absolute Gasteiger partial charge is 0.150 e. The summed E-state index contributed by atoms with van der Waals surface area (Å²) >= 11 is 0. The zero-order valence-corrected chi connectivity index (χ0v) is 9.52. The van der Waals surface area contributed by atoms with Gasteiger partial charge in [-0.2, -0.15) is 0 Å². The predicted molar refractivity (Wildman–Crippen MR) is 64.3 cm³/mol. The Labute approximate surface area is 96.0 Å². The van der Waals surface area contributed by atoms with Gasteiger partial charge in [0.15, 0.2) is 0 Å². The second-order valence-corrected chi connectivity index (χ2v) is 4.63. The molecule has 0 radical (unpaired) electrons. The largest absolute Gasteiger partial charge is 0.326 e. The van der Waals surface area contributed by atoms with Crippen molar-refractivity contribution in [2.75, 3.05) is 6.54 Å². The number of nitrogens with two attached hydrogens (primary N) is 1. The van der Waals surface area contributed by atoms with Gasteiger partial charge in [-0.1, -0.05) is 25.1 Å². The number of nitrogens with one attached hydrogen (secondary N) is 1. The standard InChI is InChI=1S/C13H18N2O/c1-9-5-13(15-7-12(9)14)11-4-2-3-10(6-11)8-16/h2-4,6,8-9,12-13,15H,5,7,14H2,1H3. The van der Waals surface area contributed by atoms with Crippen LogP contribution in [-0.2, 0) is 0 Å². The molecule has 3 unspecified atom stereocenters. The van der Waals surface area contributed by atoms with Gasteiger partial charge in [0, 0.05) is 24.2 Å². The molecular formula is C13H18N2O. The maximum Gasteiger partial charge on any atom is 0.150 e. The van der Waals surface area contributed by atoms with Gasteiger partial charge in [-0.25, -0.2) is 0 Å². The quantitative estimate of drug-likeness (QED) is 0.740. The highest BCUT2D eigenvalue weighted by atomic mass is 16.1. The summed E-state index contributed by atoms with van der Waals surface area (Å²) in [5.41, 5.74) is 7.88. The van der Waals surface area contributed by atoms with Crippen LogP contribution in [0.3, 0.4) is 0 Å². The SMILES string of the molecule is CC1CC(c2cccc(C=O)c2)NCC1N. The number of piperidine rings is 1. The molecule has 0 aromatic heterocycles. The monoisotopic (exact) mass is 218 g/mol. The van der Waals surface area contributed by atoms with E-state index in [9.17, 15) is 4.79 Å². The Balaban J connectivity index is 2.15. The molecule has 0 amide bonds. The lowest BCUT2D eigenvalue weighted by atomic mass is 9.87. The van der Waals surface area contributed by atoms with Crippen molar-refractivity contribution in [1.29, 1.82) is 0 Å². The number of benzene rings is 1. The number of aldehydes is 1. The minimum absolute atomic E-state index is 0.241. The Morgan fingerprint density at radius 3 is 3.00 bits per heavy atom. The molecule has 1 aromatic rings. The molecular weight excluding hydrogens is 200 g/mol. The first-order valence-electron chi connectivity index (χ1n) is 5.75. The maximum absolute atomic E-state index is 10.7. The summed E-state index contributed by atoms with van der Waals surface area (Å²) in [6.07, 6.45) is 1.92. The maximum atomic E-state index is 10.7. The third kappa shape index (κ3) is 2.31. The molecule has 0 saturated carbocycles. The first-order valence-corrected chi connectivity index (χ1v) is 5.75. The van der Waals surface area contributed by atoms with Crippen LogP contribution >= 0.6 is 0 Å². The Kier molecular flexibility index (Phi) is 3.36. The third-order valence-corrected chi connectivity index (χ3v) is 3.39. The minimum Gasteiger partial charge on any atom is -0.326 e. The first-order chi connectivity index (χ1) is 7.70. The fourth-order valence-corrected chi connectivity index (χ4v) is 2.21. The van der Waals surface area contributed by atoms with Crippen molar-refractivity contribution in [2.45, 2.75) is 25.4 Å². The molecule has 0 spiro atoms. The molecule has 3 heteroatoms. The topological polar surface area (TPSA) is 55.1 Å². The normalized spacial score (nSPS) is 30.0. The van der Waals surface area contributed by atoms with Gasteiger partial charge in [0.25, 0.3) is 0 Å². The molecule has 1 aliphatic heterocycles. The fourth-order valence-electron chi connectivity index (χ4n) is 2.21. The van der Waals surface area contributed by atoms with Crippen LogP contribution in [0.2, 0.25) is 0 Å². The number of carbonyl (C=O) groups excluding carboxylic acids is 1. The average Bonchev–Trinajstić information content (AvgIpc) is 2.33. The molecule has 2 rings (SSSR count). The molecule has 3 atom stereocenters. The van der Waals surface area contributed by atoms with Gasteiger partial charge >= 0.3 is 0 Å². The highest BCUT2D eigenvalue weighted by Gasteiger charge is 2.25. The molecule has 1 heterocycles. The van der Waals surface area contributed by atoms with E-state index < -0.39 is 0 Å². The van der Waals surface area contributed by atoms with E-state index in [2.05, 4.69) is 18.3 Å². The summed E-state index contributed by atoms with van der Waals surface area (Å²) in [7, 11) is 0. The fraction of sp³-hybridized carbons (Fsp3) is 0.462. The molecule has 3 nitrogen and oxygen atoms in total. The third-order valence-electron chi connectivity index (χ3n) is 3.39. The second kappa shape index (κ2) is 4.76. The summed E-state index contributed by atoms with van der Waals surface area (Å²) < 4.78 is 0. The van der Waals surface area contributed by atoms with Crippen molar-refractivity contribution < 1.29 is 4.79 Å². The number of hydrogen-bond donors (Lipinski definition) is 2. The second-order valence-electron chi connectivity index (χ2n) is 4.63. The summed E-state index contributed by atoms with van der Waals surface area (Å²) in [5.74, 6) is 0.520. The molecule has 0 bridgehead atoms. The van der Waals surface area contributed by atoms with E-state index in [1.165, 1.54) is 5.56 Å². The predicted octanol–water partition coefficient (Wildman–Crippen LogP) is 1.50. The first kappa shape index (κ1) is 11.3. The Morgan fingerprint density at radius 2 is 2.31 bits per heavy atom. The van der Waals surface area contributed by atoms with E-state index in [1.54, 1.807) is 0 Å². The molecule has 16 heavy (non-hydrogen) atoms. The zero-order valence-electron chi connectivity index (χ0n) is 9.52. The molecule has 1 aliphatic rings. The Bertz CT molecular complexity index is 378. The van der Waals surface area contributed by atoms with E-state index in [0.717, 1.165) is 24.8 Å². The zero-order chi connectivity index (χ0) is 11.5. The van der Waals surface area contributed by atoms with Crippen molar-refractivity contribution in [3.8, 4) is 0 Å². The summed E-state index contributed by atoms with van der Waals surface area (Å²) in [6.45, 7) is 3.03. The molecule has 1 fully saturated rings. The molecule has 1 saturated heterocycles. The van der Waals surface area contributed by atoms with E-state index in [1.807, 2.05) is 18.2 Å². The van der Waals surface area contributed by atoms with E-state index >= 15 is 0 Å². The summed E-state index contributed by atoms with van der Waals surface area (Å²) in [6, 6.07) is 8.34. The number of rotatable bonds is 2. The Hall–Kier alpha value is -1.19. The van der Waals surface area contributed by atoms with Crippen molar-refractivity contribution in [2.24, 2.45) is 11.7 Å². The van der Waals surface area contributed by atoms with Crippen LogP contribution < -0.4 is 11.1 Å². The average molecular weight is 218 g/mol. The van der Waals surface area contributed by atoms with Crippen molar-refractivity contribution in [1.82, 2.24) is 5.32 Å². The van der Waals surface area contributed by atoms with Gasteiger partial charge in [-0.15, -0.1) is 0 Å². The van der Waals surface area contributed by atoms with Crippen LogP contribution in [0.5, 0.6) is 0 Å². The van der Waals surface area contributed by atoms with Crippen molar-refractivity contribution in [3.05, 3.63) is 35.4 Å². The molecule has 3 N–H and O–H groups in total. The van der Waals surface area contributed by atoms with Gasteiger partial charge in [0.05, 0.1) is 0 Å².